The maximum absolute atomic E-state index is 12.6. The second-order valence-electron chi connectivity index (χ2n) is 26.5. The molecule has 12 rings (SSSR count). The Hall–Kier alpha value is -10.4. The molecule has 7 heterocycles. The summed E-state index contributed by atoms with van der Waals surface area (Å²) in [5.41, 5.74) is 5.31. The summed E-state index contributed by atoms with van der Waals surface area (Å²) in [5.74, 6) is -3.88. The van der Waals surface area contributed by atoms with E-state index in [4.69, 9.17) is 18.3 Å². The molecule has 566 valence electrons. The summed E-state index contributed by atoms with van der Waals surface area (Å²) in [7, 11) is 2.31. The number of para-hydroxylation sites is 1. The number of rotatable bonds is 22. The fourth-order valence-corrected chi connectivity index (χ4v) is 17.5. The van der Waals surface area contributed by atoms with Crippen LogP contribution in [0.5, 0.6) is 0 Å². The number of thiazole rings is 3. The third kappa shape index (κ3) is 24.8. The van der Waals surface area contributed by atoms with Crippen molar-refractivity contribution in [3.8, 4) is 0 Å². The van der Waals surface area contributed by atoms with E-state index in [0.29, 0.717) is 104 Å². The molecule has 0 fully saturated rings. The maximum Gasteiger partial charge on any atom is 0.337 e. The number of benzene rings is 5. The van der Waals surface area contributed by atoms with Gasteiger partial charge in [0.05, 0.1) is 93.4 Å². The minimum atomic E-state index is -1.13. The maximum atomic E-state index is 12.6. The van der Waals surface area contributed by atoms with Gasteiger partial charge in [0, 0.05) is 149 Å². The summed E-state index contributed by atoms with van der Waals surface area (Å²) in [6, 6.07) is 26.2. The van der Waals surface area contributed by atoms with Crippen LogP contribution in [0.1, 0.15) is 147 Å². The molecule has 110 heavy (non-hydrogen) atoms. The molecule has 0 bridgehead atoms. The van der Waals surface area contributed by atoms with E-state index in [1.165, 1.54) is 58.9 Å². The van der Waals surface area contributed by atoms with Crippen molar-refractivity contribution < 1.29 is 49.0 Å². The van der Waals surface area contributed by atoms with E-state index < -0.39 is 22.8 Å². The highest BCUT2D eigenvalue weighted by Crippen LogP contribution is 2.45. The SMILES string of the molecule is C.CC(C)(C)Sc1cc(C(=O)O)cc2cc(C(=O)NCCc3nccs3)cnc12.O=C(O)c1cc(SSc2ccccc2[N+](=O)[O-])c2ncc(C(=O)NCCc3nccs3)cc2c1.[C-]#[N+]c1cc(SC(C)(C)C)c2ncc(C(=O)NCCc3nccs3)cc2c1.[C-]#[N+]c1cc(SC(C)(C)C)c2ncc(C(=O)O)cc2c1. The number of nitrogens with zero attached hydrogens (tertiary/aromatic N) is 10. The first-order chi connectivity index (χ1) is 51.8. The van der Waals surface area contributed by atoms with Crippen LogP contribution in [0.25, 0.3) is 53.3 Å². The summed E-state index contributed by atoms with van der Waals surface area (Å²) in [5, 5.41) is 59.1. The first-order valence-electron chi connectivity index (χ1n) is 33.2. The van der Waals surface area contributed by atoms with Gasteiger partial charge in [-0.25, -0.2) is 39.0 Å². The van der Waals surface area contributed by atoms with E-state index >= 15 is 0 Å². The molecule has 3 amide bonds. The Morgan fingerprint density at radius 3 is 1.08 bits per heavy atom. The Balaban J connectivity index is 0.000000187. The molecular formula is C78H75N13O11S8. The molecule has 0 spiro atoms. The van der Waals surface area contributed by atoms with Crippen LogP contribution in [0.15, 0.2) is 181 Å². The molecule has 7 aromatic heterocycles. The van der Waals surface area contributed by atoms with Gasteiger partial charge in [-0.05, 0) is 111 Å². The number of thioether (sulfide) groups is 3. The number of nitrogens with one attached hydrogen (secondary N) is 3. The quantitative estimate of drug-likeness (QED) is 0.0121. The van der Waals surface area contributed by atoms with Crippen LogP contribution < -0.4 is 16.0 Å². The zero-order valence-electron chi connectivity index (χ0n) is 60.1. The second-order valence-corrected chi connectivity index (χ2v) is 37.2. The number of aromatic carboxylic acids is 3. The highest BCUT2D eigenvalue weighted by Gasteiger charge is 2.23. The molecule has 0 aliphatic carbocycles. The molecule has 0 radical (unpaired) electrons. The van der Waals surface area contributed by atoms with Crippen molar-refractivity contribution in [2.24, 2.45) is 0 Å². The molecule has 32 heteroatoms. The lowest BCUT2D eigenvalue weighted by Gasteiger charge is -2.19. The van der Waals surface area contributed by atoms with Gasteiger partial charge >= 0.3 is 17.9 Å². The number of carbonyl (C=O) groups is 6. The molecule has 0 unspecified atom stereocenters. The minimum Gasteiger partial charge on any atom is -0.478 e. The van der Waals surface area contributed by atoms with Crippen LogP contribution in [-0.2, 0) is 19.3 Å². The number of fused-ring (bicyclic) bond motifs is 4. The van der Waals surface area contributed by atoms with Gasteiger partial charge in [0.1, 0.15) is 0 Å². The number of hydrogen-bond donors (Lipinski definition) is 6. The van der Waals surface area contributed by atoms with Gasteiger partial charge in [-0.3, -0.25) is 44.4 Å². The zero-order chi connectivity index (χ0) is 78.7. The normalized spacial score (nSPS) is 11.1. The van der Waals surface area contributed by atoms with Crippen molar-refractivity contribution in [3.63, 3.8) is 0 Å². The number of carboxylic acids is 3. The lowest BCUT2D eigenvalue weighted by atomic mass is 10.1. The van der Waals surface area contributed by atoms with Crippen molar-refractivity contribution in [1.82, 2.24) is 50.8 Å². The topological polar surface area (TPSA) is 341 Å². The molecule has 0 atom stereocenters. The van der Waals surface area contributed by atoms with Gasteiger partial charge in [-0.15, -0.1) is 69.3 Å². The van der Waals surface area contributed by atoms with E-state index in [1.54, 1.807) is 149 Å². The molecule has 6 N–H and O–H groups in total. The number of carboxylic acid groups (broad SMARTS) is 3. The molecule has 12 aromatic rings. The van der Waals surface area contributed by atoms with E-state index in [1.807, 2.05) is 28.3 Å². The second kappa shape index (κ2) is 38.8. The van der Waals surface area contributed by atoms with Crippen molar-refractivity contribution in [2.75, 3.05) is 19.6 Å². The van der Waals surface area contributed by atoms with Gasteiger partial charge in [0.15, 0.2) is 11.4 Å². The van der Waals surface area contributed by atoms with E-state index in [2.05, 4.69) is 123 Å². The Morgan fingerprint density at radius 2 is 0.745 bits per heavy atom. The van der Waals surface area contributed by atoms with Gasteiger partial charge in [-0.2, -0.15) is 0 Å². The van der Waals surface area contributed by atoms with Crippen molar-refractivity contribution in [1.29, 1.82) is 0 Å². The average Bonchev–Trinajstić information content (AvgIpc) is 0.965. The van der Waals surface area contributed by atoms with Crippen molar-refractivity contribution in [2.45, 2.75) is 128 Å². The molecule has 0 aliphatic rings. The number of pyridine rings is 4. The third-order valence-corrected chi connectivity index (χ3v) is 23.0. The monoisotopic (exact) mass is 1630 g/mol. The number of amides is 3. The van der Waals surface area contributed by atoms with Crippen molar-refractivity contribution in [3.05, 3.63) is 238 Å². The van der Waals surface area contributed by atoms with Gasteiger partial charge in [0.2, 0.25) is 0 Å². The number of aromatic nitrogens is 7. The molecule has 0 aliphatic heterocycles. The van der Waals surface area contributed by atoms with Crippen LogP contribution >= 0.6 is 90.9 Å². The molecule has 0 saturated carbocycles. The Labute approximate surface area is 667 Å². The van der Waals surface area contributed by atoms with Crippen molar-refractivity contribution >= 4 is 187 Å². The number of nitro groups is 1. The van der Waals surface area contributed by atoms with E-state index in [9.17, 15) is 49.1 Å². The molecule has 5 aromatic carbocycles. The smallest absolute Gasteiger partial charge is 0.337 e. The van der Waals surface area contributed by atoms with Crippen LogP contribution in [0.3, 0.4) is 0 Å². The van der Waals surface area contributed by atoms with Gasteiger partial charge < -0.3 is 31.3 Å². The van der Waals surface area contributed by atoms with E-state index in [0.717, 1.165) is 56.9 Å². The fourth-order valence-electron chi connectivity index (χ4n) is 10.0. The summed E-state index contributed by atoms with van der Waals surface area (Å²) >= 11 is 9.49. The summed E-state index contributed by atoms with van der Waals surface area (Å²) in [6.07, 6.45) is 13.1. The lowest BCUT2D eigenvalue weighted by Crippen LogP contribution is -2.25. The predicted molar refractivity (Wildman–Crippen MR) is 443 cm³/mol. The lowest BCUT2D eigenvalue weighted by molar-refractivity contribution is -0.387. The van der Waals surface area contributed by atoms with Crippen LogP contribution in [0, 0.1) is 23.3 Å². The molecule has 0 saturated heterocycles. The predicted octanol–water partition coefficient (Wildman–Crippen LogP) is 19.4. The van der Waals surface area contributed by atoms with Gasteiger partial charge in [-0.1, -0.05) is 81.9 Å². The summed E-state index contributed by atoms with van der Waals surface area (Å²) in [6.45, 7) is 34.7. The third-order valence-electron chi connectivity index (χ3n) is 14.6. The highest BCUT2D eigenvalue weighted by molar-refractivity contribution is 8.76. The standard InChI is InChI=1S/C22H16N4O5S3.C20H20N4OS2.C20H21N3O3S2.C15H14N2O2S.CH4/c27-21(24-6-5-19-23-7-8-32-19)15-10-13-9-14(22(28)29)11-18(20(13)25-12-15)34-33-17-4-2-1-3-16(17)26(30)31;1-20(2,3)27-16-11-15(21-4)10-13-9-14(12-24-18(13)16)19(25)23-6-5-17-22-7-8-26-17;1-20(2,3)28-15-10-13(19(25)26)8-12-9-14(11-23-17(12)15)18(24)22-5-4-16-21-6-7-27-16;1-15(2,3)20-12-7-11(16-4)6-9-5-10(14(18)19)8-17-13(9)12;/h1-4,7-12H,5-6H2,(H,24,27)(H,28,29);7-12H,5-6H2,1-3H3,(H,23,25);6-11H,4-5H2,1-3H3,(H,22,24)(H,25,26);5-8H,1-3H3,(H,18,19);1H4. The summed E-state index contributed by atoms with van der Waals surface area (Å²) in [4.78, 5) is 123. The fraction of sp³-hybridized carbons (Fsp3) is 0.244. The Bertz CT molecular complexity index is 5440. The minimum absolute atomic E-state index is 0. The Morgan fingerprint density at radius 1 is 0.436 bits per heavy atom. The number of carbonyl (C=O) groups excluding carboxylic acids is 3. The van der Waals surface area contributed by atoms with Crippen LogP contribution in [0.2, 0.25) is 0 Å². The Kier molecular flexibility index (Phi) is 30.0. The largest absolute Gasteiger partial charge is 0.478 e. The summed E-state index contributed by atoms with van der Waals surface area (Å²) < 4.78 is -0.112. The number of hydrogen-bond acceptors (Lipinski definition) is 23. The highest BCUT2D eigenvalue weighted by atomic mass is 33.1. The van der Waals surface area contributed by atoms with E-state index in [-0.39, 0.29) is 61.8 Å². The zero-order valence-corrected chi connectivity index (χ0v) is 66.6. The van der Waals surface area contributed by atoms with Crippen LogP contribution in [-0.4, -0.2) is 125 Å². The average molecular weight is 1630 g/mol. The first-order valence-corrected chi connectivity index (χ1v) is 40.4. The first kappa shape index (κ1) is 85.2. The molecular weight excluding hydrogens is 1550 g/mol. The molecule has 24 nitrogen and oxygen atoms in total. The van der Waals surface area contributed by atoms with Gasteiger partial charge in [0.25, 0.3) is 23.4 Å². The number of nitro benzene ring substituents is 1. The van der Waals surface area contributed by atoms with Crippen LogP contribution in [0.4, 0.5) is 17.1 Å².